The molecule has 4 heteroatoms. The zero-order valence-corrected chi connectivity index (χ0v) is 9.83. The maximum Gasteiger partial charge on any atom is 0.252 e. The highest BCUT2D eigenvalue weighted by Crippen LogP contribution is 2.33. The van der Waals surface area contributed by atoms with E-state index in [0.29, 0.717) is 10.6 Å². The summed E-state index contributed by atoms with van der Waals surface area (Å²) in [5.41, 5.74) is 0.503. The molecule has 1 fully saturated rings. The van der Waals surface area contributed by atoms with Gasteiger partial charge in [-0.1, -0.05) is 24.4 Å². The van der Waals surface area contributed by atoms with Crippen molar-refractivity contribution in [2.24, 2.45) is 5.92 Å². The summed E-state index contributed by atoms with van der Waals surface area (Å²) < 4.78 is 0. The van der Waals surface area contributed by atoms with Gasteiger partial charge in [-0.3, -0.25) is 9.78 Å². The number of hydrogen-bond acceptors (Lipinski definition) is 2. The molecular formula is C12H15ClN2O. The van der Waals surface area contributed by atoms with E-state index in [0.717, 1.165) is 18.9 Å². The number of pyridine rings is 1. The molecule has 3 nitrogen and oxygen atoms in total. The second-order valence-electron chi connectivity index (χ2n) is 4.20. The van der Waals surface area contributed by atoms with E-state index in [2.05, 4.69) is 10.3 Å². The summed E-state index contributed by atoms with van der Waals surface area (Å²) in [7, 11) is 0. The second kappa shape index (κ2) is 5.30. The Bertz CT molecular complexity index is 377. The number of carbonyl (C=O) groups is 1. The van der Waals surface area contributed by atoms with Gasteiger partial charge in [-0.05, 0) is 24.8 Å². The lowest BCUT2D eigenvalue weighted by atomic mass is 10.2. The van der Waals surface area contributed by atoms with Gasteiger partial charge in [0.15, 0.2) is 0 Å². The maximum atomic E-state index is 11.7. The van der Waals surface area contributed by atoms with Gasteiger partial charge in [0.2, 0.25) is 0 Å². The van der Waals surface area contributed by atoms with E-state index in [4.69, 9.17) is 11.6 Å². The van der Waals surface area contributed by atoms with E-state index in [-0.39, 0.29) is 5.91 Å². The van der Waals surface area contributed by atoms with Crippen molar-refractivity contribution >= 4 is 17.5 Å². The fraction of sp³-hybridized carbons (Fsp3) is 0.500. The fourth-order valence-corrected chi connectivity index (χ4v) is 1.86. The minimum atomic E-state index is -0.108. The summed E-state index contributed by atoms with van der Waals surface area (Å²) in [6.45, 7) is 0.730. The largest absolute Gasteiger partial charge is 0.352 e. The molecule has 1 heterocycles. The lowest BCUT2D eigenvalue weighted by Crippen LogP contribution is -2.24. The van der Waals surface area contributed by atoms with Crippen molar-refractivity contribution in [3.8, 4) is 0 Å². The summed E-state index contributed by atoms with van der Waals surface area (Å²) in [5.74, 6) is 0.810. The molecule has 0 aliphatic heterocycles. The lowest BCUT2D eigenvalue weighted by molar-refractivity contribution is 0.0953. The molecule has 1 aliphatic rings. The molecule has 0 aromatic carbocycles. The van der Waals surface area contributed by atoms with Crippen molar-refractivity contribution in [1.82, 2.24) is 10.3 Å². The molecule has 1 aliphatic carbocycles. The highest BCUT2D eigenvalue weighted by atomic mass is 35.5. The predicted molar refractivity (Wildman–Crippen MR) is 63.5 cm³/mol. The normalized spacial score (nSPS) is 14.8. The van der Waals surface area contributed by atoms with Crippen LogP contribution in [0, 0.1) is 5.92 Å². The Balaban J connectivity index is 1.76. The number of hydrogen-bond donors (Lipinski definition) is 1. The average molecular weight is 239 g/mol. The Hall–Kier alpha value is -1.09. The smallest absolute Gasteiger partial charge is 0.252 e. The van der Waals surface area contributed by atoms with Gasteiger partial charge in [-0.2, -0.15) is 0 Å². The fourth-order valence-electron chi connectivity index (χ4n) is 1.65. The van der Waals surface area contributed by atoms with Gasteiger partial charge in [-0.15, -0.1) is 0 Å². The van der Waals surface area contributed by atoms with Gasteiger partial charge >= 0.3 is 0 Å². The number of nitrogens with one attached hydrogen (secondary N) is 1. The molecule has 0 unspecified atom stereocenters. The molecule has 1 aromatic heterocycles. The minimum Gasteiger partial charge on any atom is -0.352 e. The topological polar surface area (TPSA) is 42.0 Å². The first-order valence-electron chi connectivity index (χ1n) is 5.65. The van der Waals surface area contributed by atoms with E-state index >= 15 is 0 Å². The first-order chi connectivity index (χ1) is 7.77. The van der Waals surface area contributed by atoms with Crippen LogP contribution in [0.1, 0.15) is 36.0 Å². The van der Waals surface area contributed by atoms with Crippen LogP contribution in [-0.4, -0.2) is 17.4 Å². The van der Waals surface area contributed by atoms with Gasteiger partial charge in [0.25, 0.3) is 5.91 Å². The van der Waals surface area contributed by atoms with Gasteiger partial charge in [0.1, 0.15) is 0 Å². The molecule has 86 valence electrons. The maximum absolute atomic E-state index is 11.7. The van der Waals surface area contributed by atoms with Crippen LogP contribution in [0.2, 0.25) is 5.02 Å². The zero-order chi connectivity index (χ0) is 11.4. The summed E-state index contributed by atoms with van der Waals surface area (Å²) in [4.78, 5) is 15.5. The lowest BCUT2D eigenvalue weighted by Gasteiger charge is -2.05. The van der Waals surface area contributed by atoms with Crippen molar-refractivity contribution in [3.63, 3.8) is 0 Å². The quantitative estimate of drug-likeness (QED) is 0.802. The van der Waals surface area contributed by atoms with Crippen LogP contribution in [0.25, 0.3) is 0 Å². The van der Waals surface area contributed by atoms with Crippen LogP contribution in [0.3, 0.4) is 0 Å². The third kappa shape index (κ3) is 3.20. The van der Waals surface area contributed by atoms with Crippen LogP contribution >= 0.6 is 11.6 Å². The Morgan fingerprint density at radius 2 is 2.38 bits per heavy atom. The molecule has 16 heavy (non-hydrogen) atoms. The Kier molecular flexibility index (Phi) is 3.78. The van der Waals surface area contributed by atoms with E-state index < -0.39 is 0 Å². The average Bonchev–Trinajstić information content (AvgIpc) is 3.08. The third-order valence-electron chi connectivity index (χ3n) is 2.79. The van der Waals surface area contributed by atoms with Crippen LogP contribution in [0.4, 0.5) is 0 Å². The molecule has 1 amide bonds. The van der Waals surface area contributed by atoms with Gasteiger partial charge in [0.05, 0.1) is 10.6 Å². The van der Waals surface area contributed by atoms with E-state index in [1.54, 1.807) is 12.3 Å². The molecule has 0 bridgehead atoms. The number of nitrogens with zero attached hydrogens (tertiary/aromatic N) is 1. The summed E-state index contributed by atoms with van der Waals surface area (Å²) in [5, 5.41) is 3.28. The van der Waals surface area contributed by atoms with Crippen LogP contribution < -0.4 is 5.32 Å². The van der Waals surface area contributed by atoms with E-state index in [9.17, 15) is 4.79 Å². The molecule has 1 aromatic rings. The molecule has 0 saturated heterocycles. The zero-order valence-electron chi connectivity index (χ0n) is 9.08. The Labute approximate surface area is 100 Å². The molecule has 0 atom stereocenters. The molecule has 1 N–H and O–H groups in total. The van der Waals surface area contributed by atoms with Crippen LogP contribution in [-0.2, 0) is 0 Å². The summed E-state index contributed by atoms with van der Waals surface area (Å²) >= 11 is 5.87. The minimum absolute atomic E-state index is 0.108. The molecule has 0 radical (unpaired) electrons. The first-order valence-corrected chi connectivity index (χ1v) is 6.03. The summed E-state index contributed by atoms with van der Waals surface area (Å²) in [6, 6.07) is 1.64. The monoisotopic (exact) mass is 238 g/mol. The molecular weight excluding hydrogens is 224 g/mol. The van der Waals surface area contributed by atoms with E-state index in [1.807, 2.05) is 0 Å². The molecule has 1 saturated carbocycles. The van der Waals surface area contributed by atoms with Crippen molar-refractivity contribution in [2.45, 2.75) is 25.7 Å². The van der Waals surface area contributed by atoms with Crippen molar-refractivity contribution in [2.75, 3.05) is 6.54 Å². The highest BCUT2D eigenvalue weighted by Gasteiger charge is 2.20. The van der Waals surface area contributed by atoms with Gasteiger partial charge in [0, 0.05) is 18.9 Å². The molecule has 0 spiro atoms. The van der Waals surface area contributed by atoms with Gasteiger partial charge < -0.3 is 5.32 Å². The van der Waals surface area contributed by atoms with Crippen LogP contribution in [0.5, 0.6) is 0 Å². The molecule has 2 rings (SSSR count). The Morgan fingerprint density at radius 3 is 3.06 bits per heavy atom. The SMILES string of the molecule is O=C(NCCCC1CC1)c1ccncc1Cl. The summed E-state index contributed by atoms with van der Waals surface area (Å²) in [6.07, 6.45) is 8.07. The number of aromatic nitrogens is 1. The van der Waals surface area contributed by atoms with Crippen molar-refractivity contribution in [1.29, 1.82) is 0 Å². The predicted octanol–water partition coefficient (Wildman–Crippen LogP) is 2.66. The first kappa shape index (κ1) is 11.4. The van der Waals surface area contributed by atoms with Crippen LogP contribution in [0.15, 0.2) is 18.5 Å². The Morgan fingerprint density at radius 1 is 1.56 bits per heavy atom. The number of rotatable bonds is 5. The number of carbonyl (C=O) groups excluding carboxylic acids is 1. The highest BCUT2D eigenvalue weighted by molar-refractivity contribution is 6.33. The van der Waals surface area contributed by atoms with Crippen molar-refractivity contribution in [3.05, 3.63) is 29.0 Å². The third-order valence-corrected chi connectivity index (χ3v) is 3.09. The number of halogens is 1. The standard InChI is InChI=1S/C12H15ClN2O/c13-11-8-14-7-5-10(11)12(16)15-6-1-2-9-3-4-9/h5,7-9H,1-4,6H2,(H,15,16). The number of amides is 1. The van der Waals surface area contributed by atoms with E-state index in [1.165, 1.54) is 25.5 Å². The second-order valence-corrected chi connectivity index (χ2v) is 4.60. The van der Waals surface area contributed by atoms with Crippen molar-refractivity contribution < 1.29 is 4.79 Å². The van der Waals surface area contributed by atoms with Gasteiger partial charge in [-0.25, -0.2) is 0 Å².